The second-order valence-corrected chi connectivity index (χ2v) is 15.0. The minimum absolute atomic E-state index is 0.0867. The summed E-state index contributed by atoms with van der Waals surface area (Å²) in [6.07, 6.45) is 4.48. The highest BCUT2D eigenvalue weighted by Gasteiger charge is 2.30. The van der Waals surface area contributed by atoms with Crippen molar-refractivity contribution in [1.29, 1.82) is 15.8 Å². The number of hydrogen-bond acceptors (Lipinski definition) is 15. The van der Waals surface area contributed by atoms with E-state index in [9.17, 15) is 28.0 Å². The first-order chi connectivity index (χ1) is 34.6. The van der Waals surface area contributed by atoms with Gasteiger partial charge < -0.3 is 31.6 Å². The van der Waals surface area contributed by atoms with Crippen LogP contribution in [0.15, 0.2) is 159 Å². The van der Waals surface area contributed by atoms with Gasteiger partial charge in [-0.25, -0.2) is 19.9 Å². The lowest BCUT2D eigenvalue weighted by molar-refractivity contribution is -0.137. The van der Waals surface area contributed by atoms with Crippen LogP contribution in [0, 0.1) is 34.0 Å². The average molecular weight is 968 g/mol. The summed E-state index contributed by atoms with van der Waals surface area (Å²) in [6, 6.07) is 30.8. The maximum Gasteiger partial charge on any atom is 0.416 e. The number of benzene rings is 4. The molecule has 0 saturated carbocycles. The maximum atomic E-state index is 13.0. The Kier molecular flexibility index (Phi) is 15.0. The van der Waals surface area contributed by atoms with Crippen molar-refractivity contribution in [3.05, 3.63) is 181 Å². The average Bonchev–Trinajstić information content (AvgIpc) is 4.03. The highest BCUT2D eigenvalue weighted by molar-refractivity contribution is 6.06. The lowest BCUT2D eigenvalue weighted by Crippen LogP contribution is -2.12. The third-order valence-corrected chi connectivity index (χ3v) is 10.0. The first kappa shape index (κ1) is 49.3. The van der Waals surface area contributed by atoms with E-state index in [2.05, 4.69) is 60.0 Å². The zero-order chi connectivity index (χ0) is 51.4. The van der Waals surface area contributed by atoms with Gasteiger partial charge in [0.25, 0.3) is 11.8 Å². The Balaban J connectivity index is 0.000000212. The van der Waals surface area contributed by atoms with Gasteiger partial charge in [0.15, 0.2) is 0 Å². The van der Waals surface area contributed by atoms with Crippen LogP contribution in [0.4, 0.5) is 36.2 Å². The van der Waals surface area contributed by atoms with Gasteiger partial charge in [0.1, 0.15) is 59.1 Å². The number of carbonyl (C=O) groups excluding carboxylic acids is 2. The third kappa shape index (κ3) is 12.3. The van der Waals surface area contributed by atoms with Gasteiger partial charge in [0, 0.05) is 47.0 Å². The van der Waals surface area contributed by atoms with E-state index in [1.807, 2.05) is 18.2 Å². The van der Waals surface area contributed by atoms with Crippen LogP contribution in [0.2, 0.25) is 0 Å². The van der Waals surface area contributed by atoms with Gasteiger partial charge in [0.2, 0.25) is 11.8 Å². The Labute approximate surface area is 407 Å². The van der Waals surface area contributed by atoms with Crippen molar-refractivity contribution in [3.8, 4) is 63.7 Å². The number of nitrogens with one attached hydrogen (secondary N) is 2. The number of amides is 2. The van der Waals surface area contributed by atoms with Gasteiger partial charge in [-0.15, -0.1) is 0 Å². The zero-order valence-corrected chi connectivity index (χ0v) is 37.4. The Bertz CT molecular complexity index is 3490. The van der Waals surface area contributed by atoms with Crippen LogP contribution in [0.25, 0.3) is 22.3 Å². The second kappa shape index (κ2) is 22.0. The molecule has 0 unspecified atom stereocenters. The number of alkyl halides is 3. The fourth-order valence-electron chi connectivity index (χ4n) is 6.61. The molecule has 2 amide bonds. The van der Waals surface area contributed by atoms with Crippen LogP contribution in [0.5, 0.6) is 23.3 Å². The lowest BCUT2D eigenvalue weighted by Gasteiger charge is -2.11. The Morgan fingerprint density at radius 2 is 1.15 bits per heavy atom. The normalized spacial score (nSPS) is 10.6. The van der Waals surface area contributed by atoms with E-state index >= 15 is 0 Å². The van der Waals surface area contributed by atoms with E-state index in [-0.39, 0.29) is 41.1 Å². The first-order valence-electron chi connectivity index (χ1n) is 20.9. The second-order valence-electron chi connectivity index (χ2n) is 15.0. The SMILES string of the molecule is C=C(C#N)C(=O)Nc1cccc(Oc2ncnc(N)c2-c2cnn(Cc3cccc(C(F)(F)F)c3)c2)c1.C=C(C#N)C(=O)Nc1cccc(Oc2ncnc(N)c2-c2cnn(Cc3ccccc3C#N)c2)c1. The number of ether oxygens (including phenoxy) is 2. The van der Waals surface area contributed by atoms with Crippen molar-refractivity contribution >= 4 is 34.8 Å². The van der Waals surface area contributed by atoms with E-state index in [4.69, 9.17) is 31.5 Å². The Hall–Kier alpha value is -10.7. The highest BCUT2D eigenvalue weighted by Crippen LogP contribution is 2.37. The van der Waals surface area contributed by atoms with E-state index in [1.54, 1.807) is 90.0 Å². The van der Waals surface area contributed by atoms with Crippen molar-refractivity contribution < 1.29 is 32.2 Å². The summed E-state index contributed by atoms with van der Waals surface area (Å²) in [5, 5.41) is 40.7. The highest BCUT2D eigenvalue weighted by atomic mass is 19.4. The molecule has 22 heteroatoms. The number of carbonyl (C=O) groups is 2. The minimum atomic E-state index is -4.45. The number of nitrogens with two attached hydrogens (primary N) is 2. The molecule has 0 atom stereocenters. The summed E-state index contributed by atoms with van der Waals surface area (Å²) in [5.41, 5.74) is 15.5. The number of nitrogen functional groups attached to an aromatic ring is 2. The molecule has 356 valence electrons. The topological polar surface area (TPSA) is 287 Å². The predicted molar refractivity (Wildman–Crippen MR) is 256 cm³/mol. The summed E-state index contributed by atoms with van der Waals surface area (Å²) < 4.78 is 54.1. The molecule has 19 nitrogen and oxygen atoms in total. The lowest BCUT2D eigenvalue weighted by atomic mass is 10.1. The predicted octanol–water partition coefficient (Wildman–Crippen LogP) is 8.45. The molecule has 0 spiro atoms. The first-order valence-corrected chi connectivity index (χ1v) is 20.9. The van der Waals surface area contributed by atoms with Gasteiger partial charge in [0.05, 0.1) is 53.8 Å². The quantitative estimate of drug-likeness (QED) is 0.0587. The number of hydrogen-bond donors (Lipinski definition) is 4. The van der Waals surface area contributed by atoms with Crippen molar-refractivity contribution in [2.75, 3.05) is 22.1 Å². The molecule has 4 aromatic carbocycles. The minimum Gasteiger partial charge on any atom is -0.438 e. The Morgan fingerprint density at radius 3 is 1.65 bits per heavy atom. The molecule has 8 rings (SSSR count). The molecule has 6 N–H and O–H groups in total. The van der Waals surface area contributed by atoms with Crippen molar-refractivity contribution in [2.45, 2.75) is 19.3 Å². The van der Waals surface area contributed by atoms with Crippen LogP contribution in [0.3, 0.4) is 0 Å². The fraction of sp³-hybridized carbons (Fsp3) is 0.0600. The van der Waals surface area contributed by atoms with E-state index in [0.717, 1.165) is 17.7 Å². The van der Waals surface area contributed by atoms with E-state index in [1.165, 1.54) is 35.7 Å². The van der Waals surface area contributed by atoms with Crippen molar-refractivity contribution in [2.24, 2.45) is 0 Å². The number of nitriles is 3. The number of nitrogens with zero attached hydrogens (tertiary/aromatic N) is 11. The zero-order valence-electron chi connectivity index (χ0n) is 37.4. The fourth-order valence-corrected chi connectivity index (χ4v) is 6.61. The maximum absolute atomic E-state index is 13.0. The molecule has 72 heavy (non-hydrogen) atoms. The molecular formula is C50H36F3N15O4. The van der Waals surface area contributed by atoms with Crippen molar-refractivity contribution in [1.82, 2.24) is 39.5 Å². The number of anilines is 4. The van der Waals surface area contributed by atoms with Crippen molar-refractivity contribution in [3.63, 3.8) is 0 Å². The third-order valence-electron chi connectivity index (χ3n) is 10.0. The summed E-state index contributed by atoms with van der Waals surface area (Å²) in [7, 11) is 0. The monoisotopic (exact) mass is 967 g/mol. The molecule has 4 aromatic heterocycles. The molecular weight excluding hydrogens is 932 g/mol. The molecule has 0 aliphatic rings. The van der Waals surface area contributed by atoms with Crippen LogP contribution in [-0.4, -0.2) is 51.3 Å². The van der Waals surface area contributed by atoms with Gasteiger partial charge in [-0.1, -0.05) is 55.6 Å². The number of rotatable bonds is 14. The molecule has 4 heterocycles. The van der Waals surface area contributed by atoms with E-state index in [0.29, 0.717) is 62.8 Å². The van der Waals surface area contributed by atoms with Crippen LogP contribution >= 0.6 is 0 Å². The molecule has 0 fully saturated rings. The van der Waals surface area contributed by atoms with Crippen LogP contribution in [0.1, 0.15) is 22.3 Å². The smallest absolute Gasteiger partial charge is 0.416 e. The van der Waals surface area contributed by atoms with Gasteiger partial charge in [-0.3, -0.25) is 19.0 Å². The standard InChI is InChI=1S/C25H18F3N7O2.C25H18N8O2/c1-15(10-29)23(36)34-19-6-3-7-20(9-19)37-24-21(22(30)31-14-32-24)17-11-33-35(13-17)12-16-4-2-5-18(8-16)25(26,27)28;1-16(10-26)24(34)32-20-7-4-8-21(9-20)35-25-22(23(28)29-15-30-25)19-12-31-33(14-19)13-18-6-3-2-5-17(18)11-27/h2-9,11,13-14H,1,12H2,(H,34,36)(H2,30,31,32);2-9,12,14-15H,1,13H2,(H,32,34)(H2,28,29,30). The summed E-state index contributed by atoms with van der Waals surface area (Å²) in [4.78, 5) is 40.3. The van der Waals surface area contributed by atoms with Gasteiger partial charge in [-0.05, 0) is 53.6 Å². The summed E-state index contributed by atoms with van der Waals surface area (Å²) in [6.45, 7) is 7.24. The van der Waals surface area contributed by atoms with E-state index < -0.39 is 23.6 Å². The molecule has 8 aromatic rings. The number of halogens is 3. The van der Waals surface area contributed by atoms with Gasteiger partial charge >= 0.3 is 6.18 Å². The van der Waals surface area contributed by atoms with Crippen LogP contribution < -0.4 is 31.6 Å². The van der Waals surface area contributed by atoms with Crippen LogP contribution in [-0.2, 0) is 28.9 Å². The summed E-state index contributed by atoms with van der Waals surface area (Å²) >= 11 is 0. The molecule has 0 bridgehead atoms. The molecule has 0 aliphatic heterocycles. The van der Waals surface area contributed by atoms with Gasteiger partial charge in [-0.2, -0.15) is 39.2 Å². The molecule has 0 radical (unpaired) electrons. The summed E-state index contributed by atoms with van der Waals surface area (Å²) in [5.74, 6) is -0.00601. The number of aromatic nitrogens is 8. The molecule has 0 saturated heterocycles. The Morgan fingerprint density at radius 1 is 0.653 bits per heavy atom. The largest absolute Gasteiger partial charge is 0.438 e. The molecule has 0 aliphatic carbocycles.